The smallest absolute Gasteiger partial charge is 0.254 e. The van der Waals surface area contributed by atoms with Crippen LogP contribution in [0.3, 0.4) is 0 Å². The van der Waals surface area contributed by atoms with Gasteiger partial charge in [-0.25, -0.2) is 13.4 Å². The van der Waals surface area contributed by atoms with Crippen LogP contribution in [-0.2, 0) is 16.4 Å². The van der Waals surface area contributed by atoms with Crippen molar-refractivity contribution >= 4 is 43.2 Å². The Morgan fingerprint density at radius 3 is 2.77 bits per heavy atom. The van der Waals surface area contributed by atoms with E-state index in [1.165, 1.54) is 10.6 Å². The standard InChI is InChI=1S/C22H23N3O3S2/c1-14-12-16-13-15(9-10-18(16)25(14)30(2,27)28)22(26)24-11-5-7-19(24)21-23-17-6-3-4-8-20(17)29-21/h3-4,6,8-10,13-14,19H,5,7,11-12H2,1-2H3/t14-,19+/m1/s1. The number of aromatic nitrogens is 1. The van der Waals surface area contributed by atoms with E-state index in [9.17, 15) is 13.2 Å². The van der Waals surface area contributed by atoms with Gasteiger partial charge in [0.15, 0.2) is 0 Å². The van der Waals surface area contributed by atoms with E-state index in [0.717, 1.165) is 33.6 Å². The van der Waals surface area contributed by atoms with Gasteiger partial charge >= 0.3 is 0 Å². The number of hydrogen-bond acceptors (Lipinski definition) is 5. The Hall–Kier alpha value is -2.45. The van der Waals surface area contributed by atoms with Crippen LogP contribution in [0, 0.1) is 0 Å². The Labute approximate surface area is 180 Å². The number of sulfonamides is 1. The van der Waals surface area contributed by atoms with E-state index in [-0.39, 0.29) is 18.0 Å². The second-order valence-corrected chi connectivity index (χ2v) is 11.1. The molecule has 0 aliphatic carbocycles. The molecule has 2 aliphatic heterocycles. The van der Waals surface area contributed by atoms with Crippen LogP contribution in [-0.4, -0.2) is 43.1 Å². The Kier molecular flexibility index (Phi) is 4.59. The molecule has 0 spiro atoms. The van der Waals surface area contributed by atoms with Crippen LogP contribution in [0.5, 0.6) is 0 Å². The molecule has 0 bridgehead atoms. The van der Waals surface area contributed by atoms with Crippen molar-refractivity contribution in [3.05, 3.63) is 58.6 Å². The van der Waals surface area contributed by atoms with Crippen LogP contribution >= 0.6 is 11.3 Å². The van der Waals surface area contributed by atoms with E-state index < -0.39 is 10.0 Å². The monoisotopic (exact) mass is 441 g/mol. The minimum Gasteiger partial charge on any atom is -0.329 e. The van der Waals surface area contributed by atoms with Gasteiger partial charge in [0.05, 0.1) is 28.2 Å². The SMILES string of the molecule is C[C@@H]1Cc2cc(C(=O)N3CCC[C@H]3c3nc4ccccc4s3)ccc2N1S(C)(=O)=O. The van der Waals surface area contributed by atoms with Gasteiger partial charge < -0.3 is 4.90 Å². The molecule has 1 saturated heterocycles. The summed E-state index contributed by atoms with van der Waals surface area (Å²) < 4.78 is 26.9. The fourth-order valence-corrected chi connectivity index (χ4v) is 7.09. The Bertz CT molecular complexity index is 1220. The molecule has 8 heteroatoms. The lowest BCUT2D eigenvalue weighted by Crippen LogP contribution is -2.34. The quantitative estimate of drug-likeness (QED) is 0.616. The van der Waals surface area contributed by atoms with Crippen LogP contribution in [0.4, 0.5) is 5.69 Å². The second kappa shape index (κ2) is 7.06. The minimum atomic E-state index is -3.34. The zero-order chi connectivity index (χ0) is 21.0. The van der Waals surface area contributed by atoms with Crippen LogP contribution in [0.1, 0.15) is 46.7 Å². The summed E-state index contributed by atoms with van der Waals surface area (Å²) in [4.78, 5) is 20.1. The van der Waals surface area contributed by atoms with Gasteiger partial charge in [-0.15, -0.1) is 11.3 Å². The topological polar surface area (TPSA) is 70.6 Å². The number of carbonyl (C=O) groups excluding carboxylic acids is 1. The molecular weight excluding hydrogens is 418 g/mol. The number of nitrogens with zero attached hydrogens (tertiary/aromatic N) is 3. The van der Waals surface area contributed by atoms with Gasteiger partial charge in [-0.05, 0) is 62.1 Å². The molecule has 0 N–H and O–H groups in total. The van der Waals surface area contributed by atoms with E-state index >= 15 is 0 Å². The van der Waals surface area contributed by atoms with E-state index in [0.29, 0.717) is 24.2 Å². The third-order valence-electron chi connectivity index (χ3n) is 5.95. The summed E-state index contributed by atoms with van der Waals surface area (Å²) >= 11 is 1.66. The van der Waals surface area contributed by atoms with Crippen LogP contribution in [0.25, 0.3) is 10.2 Å². The number of thiazole rings is 1. The Balaban J connectivity index is 1.45. The van der Waals surface area contributed by atoms with E-state index in [1.807, 2.05) is 36.1 Å². The lowest BCUT2D eigenvalue weighted by molar-refractivity contribution is 0.0735. The van der Waals surface area contributed by atoms with Gasteiger partial charge in [-0.2, -0.15) is 0 Å². The maximum Gasteiger partial charge on any atom is 0.254 e. The van der Waals surface area contributed by atoms with E-state index in [2.05, 4.69) is 6.07 Å². The Morgan fingerprint density at radius 1 is 1.20 bits per heavy atom. The molecule has 2 atom stereocenters. The highest BCUT2D eigenvalue weighted by Crippen LogP contribution is 2.39. The highest BCUT2D eigenvalue weighted by atomic mass is 32.2. The molecule has 156 valence electrons. The third-order valence-corrected chi connectivity index (χ3v) is 8.35. The lowest BCUT2D eigenvalue weighted by atomic mass is 10.1. The molecule has 3 aromatic rings. The average Bonchev–Trinajstić information content (AvgIpc) is 3.40. The summed E-state index contributed by atoms with van der Waals surface area (Å²) in [5.74, 6) is -0.00925. The molecule has 1 fully saturated rings. The summed E-state index contributed by atoms with van der Waals surface area (Å²) in [6.07, 6.45) is 3.71. The lowest BCUT2D eigenvalue weighted by Gasteiger charge is -2.24. The largest absolute Gasteiger partial charge is 0.329 e. The zero-order valence-corrected chi connectivity index (χ0v) is 18.5. The fraction of sp³-hybridized carbons (Fsp3) is 0.364. The number of amides is 1. The molecule has 0 unspecified atom stereocenters. The molecule has 3 heterocycles. The van der Waals surface area contributed by atoms with Crippen LogP contribution in [0.2, 0.25) is 0 Å². The zero-order valence-electron chi connectivity index (χ0n) is 16.9. The Morgan fingerprint density at radius 2 is 2.00 bits per heavy atom. The van der Waals surface area contributed by atoms with Crippen molar-refractivity contribution in [3.63, 3.8) is 0 Å². The van der Waals surface area contributed by atoms with Gasteiger partial charge in [0.25, 0.3) is 5.91 Å². The number of fused-ring (bicyclic) bond motifs is 2. The molecule has 6 nitrogen and oxygen atoms in total. The fourth-order valence-electron chi connectivity index (χ4n) is 4.71. The van der Waals surface area contributed by atoms with E-state index in [1.54, 1.807) is 23.5 Å². The maximum atomic E-state index is 13.4. The number of para-hydroxylation sites is 1. The number of carbonyl (C=O) groups is 1. The van der Waals surface area contributed by atoms with Gasteiger partial charge in [0.2, 0.25) is 10.0 Å². The maximum absolute atomic E-state index is 13.4. The number of likely N-dealkylation sites (tertiary alicyclic amines) is 1. The summed E-state index contributed by atoms with van der Waals surface area (Å²) in [6.45, 7) is 2.61. The summed E-state index contributed by atoms with van der Waals surface area (Å²) in [5.41, 5.74) is 3.19. The van der Waals surface area contributed by atoms with Crippen molar-refractivity contribution < 1.29 is 13.2 Å². The molecule has 2 aromatic carbocycles. The first-order valence-electron chi connectivity index (χ1n) is 10.1. The first-order chi connectivity index (χ1) is 14.3. The van der Waals surface area contributed by atoms with Crippen molar-refractivity contribution in [1.82, 2.24) is 9.88 Å². The van der Waals surface area contributed by atoms with Gasteiger partial charge in [-0.3, -0.25) is 9.10 Å². The van der Waals surface area contributed by atoms with Gasteiger partial charge in [0.1, 0.15) is 5.01 Å². The predicted octanol–water partition coefficient (Wildman–Crippen LogP) is 3.98. The first kappa shape index (κ1) is 19.5. The van der Waals surface area contributed by atoms with Crippen molar-refractivity contribution in [2.45, 2.75) is 38.3 Å². The molecule has 5 rings (SSSR count). The highest BCUT2D eigenvalue weighted by Gasteiger charge is 2.35. The van der Waals surface area contributed by atoms with Gasteiger partial charge in [-0.1, -0.05) is 12.1 Å². The summed E-state index contributed by atoms with van der Waals surface area (Å²) in [7, 11) is -3.34. The molecule has 1 amide bonds. The minimum absolute atomic E-state index is 0.00500. The summed E-state index contributed by atoms with van der Waals surface area (Å²) in [6, 6.07) is 13.3. The highest BCUT2D eigenvalue weighted by molar-refractivity contribution is 7.92. The van der Waals surface area contributed by atoms with Crippen LogP contribution in [0.15, 0.2) is 42.5 Å². The molecule has 30 heavy (non-hydrogen) atoms. The molecule has 1 aromatic heterocycles. The van der Waals surface area contributed by atoms with Crippen molar-refractivity contribution in [2.75, 3.05) is 17.1 Å². The third kappa shape index (κ3) is 3.18. The number of benzene rings is 2. The molecular formula is C22H23N3O3S2. The first-order valence-corrected chi connectivity index (χ1v) is 12.8. The molecule has 0 radical (unpaired) electrons. The van der Waals surface area contributed by atoms with E-state index in [4.69, 9.17) is 4.98 Å². The number of hydrogen-bond donors (Lipinski definition) is 0. The average molecular weight is 442 g/mol. The molecule has 2 aliphatic rings. The predicted molar refractivity (Wildman–Crippen MR) is 120 cm³/mol. The number of rotatable bonds is 3. The molecule has 0 saturated carbocycles. The summed E-state index contributed by atoms with van der Waals surface area (Å²) in [5, 5.41) is 0.986. The van der Waals surface area contributed by atoms with Crippen molar-refractivity contribution in [2.24, 2.45) is 0 Å². The number of anilines is 1. The van der Waals surface area contributed by atoms with Crippen molar-refractivity contribution in [3.8, 4) is 0 Å². The van der Waals surface area contributed by atoms with Crippen molar-refractivity contribution in [1.29, 1.82) is 0 Å². The second-order valence-electron chi connectivity index (χ2n) is 8.13. The normalized spacial score (nSPS) is 21.4. The van der Waals surface area contributed by atoms with Crippen LogP contribution < -0.4 is 4.31 Å². The van der Waals surface area contributed by atoms with Gasteiger partial charge in [0, 0.05) is 18.2 Å².